The minimum atomic E-state index is -0.602. The molecule has 1 heterocycles. The first-order chi connectivity index (χ1) is 11.4. The van der Waals surface area contributed by atoms with Crippen molar-refractivity contribution in [2.24, 2.45) is 0 Å². The topological polar surface area (TPSA) is 70.8 Å². The van der Waals surface area contributed by atoms with Gasteiger partial charge in [-0.25, -0.2) is 0 Å². The third-order valence-corrected chi connectivity index (χ3v) is 5.61. The molecule has 24 heavy (non-hydrogen) atoms. The molecule has 2 rings (SSSR count). The number of β-amino-alcohol motifs (C(OH)–C–C–N with tert-alkyl or cyclic N) is 1. The van der Waals surface area contributed by atoms with Gasteiger partial charge in [0.15, 0.2) is 0 Å². The van der Waals surface area contributed by atoms with Crippen LogP contribution in [0.15, 0.2) is 0 Å². The van der Waals surface area contributed by atoms with Gasteiger partial charge in [-0.05, 0) is 26.7 Å². The summed E-state index contributed by atoms with van der Waals surface area (Å²) in [6.07, 6.45) is 4.48. The number of piperazine rings is 1. The SMILES string of the molecule is C[C@H](O)CN1CCN(CC(=O)N(C)C2(C#N)CCCCC2)C[C@@H]1C. The van der Waals surface area contributed by atoms with Crippen LogP contribution >= 0.6 is 0 Å². The van der Waals surface area contributed by atoms with Gasteiger partial charge in [-0.15, -0.1) is 0 Å². The largest absolute Gasteiger partial charge is 0.392 e. The summed E-state index contributed by atoms with van der Waals surface area (Å²) < 4.78 is 0. The molecule has 1 aliphatic carbocycles. The molecule has 2 aliphatic rings. The van der Waals surface area contributed by atoms with Crippen LogP contribution < -0.4 is 0 Å². The highest BCUT2D eigenvalue weighted by Crippen LogP contribution is 2.32. The number of aliphatic hydroxyl groups is 1. The van der Waals surface area contributed by atoms with Gasteiger partial charge in [0.1, 0.15) is 5.54 Å². The second-order valence-electron chi connectivity index (χ2n) is 7.58. The quantitative estimate of drug-likeness (QED) is 0.813. The Bertz CT molecular complexity index is 468. The fraction of sp³-hybridized carbons (Fsp3) is 0.889. The molecule has 0 spiro atoms. The Hall–Kier alpha value is -1.16. The maximum Gasteiger partial charge on any atom is 0.237 e. The lowest BCUT2D eigenvalue weighted by Gasteiger charge is -2.42. The molecule has 1 saturated heterocycles. The lowest BCUT2D eigenvalue weighted by molar-refractivity contribution is -0.136. The van der Waals surface area contributed by atoms with Gasteiger partial charge < -0.3 is 10.0 Å². The smallest absolute Gasteiger partial charge is 0.237 e. The molecule has 6 heteroatoms. The van der Waals surface area contributed by atoms with Gasteiger partial charge in [0.05, 0.1) is 18.7 Å². The summed E-state index contributed by atoms with van der Waals surface area (Å²) in [6, 6.07) is 2.75. The van der Waals surface area contributed by atoms with Gasteiger partial charge in [-0.1, -0.05) is 19.3 Å². The summed E-state index contributed by atoms with van der Waals surface area (Å²) in [5.41, 5.74) is -0.602. The normalized spacial score (nSPS) is 26.5. The predicted octanol–water partition coefficient (Wildman–Crippen LogP) is 1.06. The van der Waals surface area contributed by atoms with Crippen LogP contribution in [0.5, 0.6) is 0 Å². The third kappa shape index (κ3) is 4.47. The van der Waals surface area contributed by atoms with Crippen molar-refractivity contribution in [3.8, 4) is 6.07 Å². The second-order valence-corrected chi connectivity index (χ2v) is 7.58. The minimum absolute atomic E-state index is 0.0506. The van der Waals surface area contributed by atoms with E-state index in [9.17, 15) is 15.2 Å². The van der Waals surface area contributed by atoms with Crippen LogP contribution in [-0.4, -0.2) is 83.2 Å². The highest BCUT2D eigenvalue weighted by molar-refractivity contribution is 5.79. The summed E-state index contributed by atoms with van der Waals surface area (Å²) in [5, 5.41) is 19.2. The molecule has 0 aromatic heterocycles. The van der Waals surface area contributed by atoms with E-state index in [1.807, 2.05) is 6.92 Å². The Morgan fingerprint density at radius 3 is 2.58 bits per heavy atom. The van der Waals surface area contributed by atoms with Crippen LogP contribution in [0.2, 0.25) is 0 Å². The molecule has 2 atom stereocenters. The Morgan fingerprint density at radius 1 is 1.38 bits per heavy atom. The van der Waals surface area contributed by atoms with Crippen molar-refractivity contribution >= 4 is 5.91 Å². The number of likely N-dealkylation sites (N-methyl/N-ethyl adjacent to an activating group) is 1. The summed E-state index contributed by atoms with van der Waals surface area (Å²) in [4.78, 5) is 18.9. The van der Waals surface area contributed by atoms with Gasteiger partial charge in [-0.2, -0.15) is 5.26 Å². The van der Waals surface area contributed by atoms with Gasteiger partial charge >= 0.3 is 0 Å². The first-order valence-electron chi connectivity index (χ1n) is 9.20. The van der Waals surface area contributed by atoms with Gasteiger partial charge in [-0.3, -0.25) is 14.6 Å². The summed E-state index contributed by atoms with van der Waals surface area (Å²) in [5.74, 6) is 0.0506. The molecular formula is C18H32N4O2. The van der Waals surface area contributed by atoms with Crippen LogP contribution in [0, 0.1) is 11.3 Å². The molecular weight excluding hydrogens is 304 g/mol. The summed E-state index contributed by atoms with van der Waals surface area (Å²) >= 11 is 0. The van der Waals surface area contributed by atoms with Crippen molar-refractivity contribution in [3.05, 3.63) is 0 Å². The number of nitrogens with zero attached hydrogens (tertiary/aromatic N) is 4. The van der Waals surface area contributed by atoms with Gasteiger partial charge in [0, 0.05) is 39.3 Å². The number of hydrogen-bond donors (Lipinski definition) is 1. The van der Waals surface area contributed by atoms with Crippen molar-refractivity contribution in [3.63, 3.8) is 0 Å². The molecule has 1 saturated carbocycles. The van der Waals surface area contributed by atoms with Crippen molar-refractivity contribution in [1.82, 2.24) is 14.7 Å². The average Bonchev–Trinajstić information content (AvgIpc) is 2.57. The highest BCUT2D eigenvalue weighted by Gasteiger charge is 2.39. The van der Waals surface area contributed by atoms with Crippen LogP contribution in [0.3, 0.4) is 0 Å². The zero-order valence-electron chi connectivity index (χ0n) is 15.4. The highest BCUT2D eigenvalue weighted by atomic mass is 16.3. The molecule has 0 aromatic rings. The number of carbonyl (C=O) groups is 1. The zero-order chi connectivity index (χ0) is 17.7. The predicted molar refractivity (Wildman–Crippen MR) is 93.4 cm³/mol. The van der Waals surface area contributed by atoms with Crippen molar-refractivity contribution < 1.29 is 9.90 Å². The first kappa shape index (κ1) is 19.2. The fourth-order valence-electron chi connectivity index (χ4n) is 4.02. The van der Waals surface area contributed by atoms with Crippen LogP contribution in [0.4, 0.5) is 0 Å². The number of carbonyl (C=O) groups excluding carboxylic acids is 1. The van der Waals surface area contributed by atoms with E-state index in [1.165, 1.54) is 0 Å². The monoisotopic (exact) mass is 336 g/mol. The standard InChI is InChI=1S/C18H32N4O2/c1-15-11-21(9-10-22(15)12-16(2)23)13-17(24)20(3)18(14-19)7-5-4-6-8-18/h15-16,23H,4-13H2,1-3H3/t15-,16-/m0/s1. The van der Waals surface area contributed by atoms with E-state index in [0.29, 0.717) is 19.1 Å². The van der Waals surface area contributed by atoms with E-state index in [-0.39, 0.29) is 12.0 Å². The maximum absolute atomic E-state index is 12.7. The Morgan fingerprint density at radius 2 is 2.04 bits per heavy atom. The Balaban J connectivity index is 1.89. The fourth-order valence-corrected chi connectivity index (χ4v) is 4.02. The molecule has 1 aliphatic heterocycles. The Labute approximate surface area is 146 Å². The molecule has 136 valence electrons. The van der Waals surface area contributed by atoms with Crippen LogP contribution in [0.1, 0.15) is 46.0 Å². The number of aliphatic hydroxyl groups excluding tert-OH is 1. The van der Waals surface area contributed by atoms with Crippen LogP contribution in [-0.2, 0) is 4.79 Å². The summed E-state index contributed by atoms with van der Waals surface area (Å²) in [6.45, 7) is 7.53. The molecule has 0 radical (unpaired) electrons. The van der Waals surface area contributed by atoms with Gasteiger partial charge in [0.25, 0.3) is 0 Å². The third-order valence-electron chi connectivity index (χ3n) is 5.61. The average molecular weight is 336 g/mol. The van der Waals surface area contributed by atoms with E-state index in [2.05, 4.69) is 22.8 Å². The molecule has 1 N–H and O–H groups in total. The number of rotatable bonds is 5. The molecule has 6 nitrogen and oxygen atoms in total. The zero-order valence-corrected chi connectivity index (χ0v) is 15.4. The lowest BCUT2D eigenvalue weighted by atomic mass is 9.81. The molecule has 0 bridgehead atoms. The van der Waals surface area contributed by atoms with Crippen molar-refractivity contribution in [1.29, 1.82) is 5.26 Å². The summed E-state index contributed by atoms with van der Waals surface area (Å²) in [7, 11) is 1.80. The number of amides is 1. The molecule has 0 aromatic carbocycles. The van der Waals surface area contributed by atoms with E-state index in [0.717, 1.165) is 51.7 Å². The second kappa shape index (κ2) is 8.28. The molecule has 2 fully saturated rings. The first-order valence-corrected chi connectivity index (χ1v) is 9.20. The number of hydrogen-bond acceptors (Lipinski definition) is 5. The van der Waals surface area contributed by atoms with Crippen LogP contribution in [0.25, 0.3) is 0 Å². The van der Waals surface area contributed by atoms with Gasteiger partial charge in [0.2, 0.25) is 5.91 Å². The van der Waals surface area contributed by atoms with E-state index >= 15 is 0 Å². The van der Waals surface area contributed by atoms with Crippen molar-refractivity contribution in [2.45, 2.75) is 63.6 Å². The minimum Gasteiger partial charge on any atom is -0.392 e. The van der Waals surface area contributed by atoms with E-state index < -0.39 is 5.54 Å². The molecule has 0 unspecified atom stereocenters. The molecule has 1 amide bonds. The maximum atomic E-state index is 12.7. The number of nitriles is 1. The van der Waals surface area contributed by atoms with Crippen molar-refractivity contribution in [2.75, 3.05) is 39.8 Å². The Kier molecular flexibility index (Phi) is 6.62. The van der Waals surface area contributed by atoms with E-state index in [4.69, 9.17) is 0 Å². The van der Waals surface area contributed by atoms with E-state index in [1.54, 1.807) is 11.9 Å². The lowest BCUT2D eigenvalue weighted by Crippen LogP contribution is -2.57.